The number of carbonyl (C=O) groups excluding carboxylic acids is 1. The Morgan fingerprint density at radius 1 is 1.41 bits per heavy atom. The first kappa shape index (κ1) is 13.4. The summed E-state index contributed by atoms with van der Waals surface area (Å²) in [4.78, 5) is 21.8. The van der Waals surface area contributed by atoms with Gasteiger partial charge in [-0.15, -0.1) is 0 Å². The zero-order valence-corrected chi connectivity index (χ0v) is 10.7. The smallest absolute Gasteiger partial charge is 0.271 e. The van der Waals surface area contributed by atoms with Crippen molar-refractivity contribution in [2.45, 2.75) is 13.0 Å². The van der Waals surface area contributed by atoms with Crippen molar-refractivity contribution in [1.29, 1.82) is 0 Å². The molecular formula is C11H19N5O. The van der Waals surface area contributed by atoms with E-state index in [9.17, 15) is 4.79 Å². The normalized spacial score (nSPS) is 12.3. The molecule has 0 spiro atoms. The van der Waals surface area contributed by atoms with Crippen molar-refractivity contribution in [3.05, 3.63) is 18.1 Å². The molecule has 6 nitrogen and oxygen atoms in total. The van der Waals surface area contributed by atoms with Gasteiger partial charge in [-0.05, 0) is 21.0 Å². The fourth-order valence-electron chi connectivity index (χ4n) is 1.09. The number of hydrogen-bond acceptors (Lipinski definition) is 5. The van der Waals surface area contributed by atoms with E-state index in [4.69, 9.17) is 0 Å². The lowest BCUT2D eigenvalue weighted by atomic mass is 10.3. The van der Waals surface area contributed by atoms with E-state index in [1.165, 1.54) is 12.4 Å². The van der Waals surface area contributed by atoms with Crippen LogP contribution < -0.4 is 10.6 Å². The van der Waals surface area contributed by atoms with Gasteiger partial charge >= 0.3 is 0 Å². The van der Waals surface area contributed by atoms with Gasteiger partial charge in [0.1, 0.15) is 11.5 Å². The van der Waals surface area contributed by atoms with Gasteiger partial charge in [-0.2, -0.15) is 0 Å². The molecule has 0 saturated heterocycles. The second-order valence-electron chi connectivity index (χ2n) is 4.06. The molecule has 0 aliphatic carbocycles. The van der Waals surface area contributed by atoms with Gasteiger partial charge in [-0.3, -0.25) is 4.79 Å². The quantitative estimate of drug-likeness (QED) is 0.765. The average molecular weight is 237 g/mol. The summed E-state index contributed by atoms with van der Waals surface area (Å²) >= 11 is 0. The van der Waals surface area contributed by atoms with Crippen LogP contribution in [0.5, 0.6) is 0 Å². The maximum Gasteiger partial charge on any atom is 0.271 e. The van der Waals surface area contributed by atoms with Crippen molar-refractivity contribution in [3.63, 3.8) is 0 Å². The van der Waals surface area contributed by atoms with Crippen LogP contribution in [0.4, 0.5) is 5.82 Å². The van der Waals surface area contributed by atoms with Crippen molar-refractivity contribution in [1.82, 2.24) is 20.2 Å². The summed E-state index contributed by atoms with van der Waals surface area (Å²) in [6.07, 6.45) is 2.99. The van der Waals surface area contributed by atoms with E-state index < -0.39 is 0 Å². The third-order valence-corrected chi connectivity index (χ3v) is 2.58. The van der Waals surface area contributed by atoms with E-state index in [0.717, 1.165) is 0 Å². The van der Waals surface area contributed by atoms with Gasteiger partial charge in [0.2, 0.25) is 0 Å². The first-order chi connectivity index (χ1) is 8.04. The van der Waals surface area contributed by atoms with Crippen LogP contribution in [0.25, 0.3) is 0 Å². The van der Waals surface area contributed by atoms with E-state index in [2.05, 4.69) is 20.6 Å². The van der Waals surface area contributed by atoms with Crippen LogP contribution in [-0.4, -0.2) is 54.5 Å². The van der Waals surface area contributed by atoms with E-state index in [-0.39, 0.29) is 11.9 Å². The fourth-order valence-corrected chi connectivity index (χ4v) is 1.09. The Hall–Kier alpha value is -1.69. The summed E-state index contributed by atoms with van der Waals surface area (Å²) in [5.74, 6) is 0.442. The third kappa shape index (κ3) is 3.99. The monoisotopic (exact) mass is 237 g/mol. The number of likely N-dealkylation sites (N-methyl/N-ethyl adjacent to an activating group) is 1. The molecule has 1 unspecified atom stereocenters. The summed E-state index contributed by atoms with van der Waals surface area (Å²) in [5, 5.41) is 5.66. The van der Waals surface area contributed by atoms with Crippen molar-refractivity contribution >= 4 is 11.7 Å². The van der Waals surface area contributed by atoms with E-state index in [1.807, 2.05) is 25.9 Å². The maximum atomic E-state index is 11.7. The molecule has 1 atom stereocenters. The number of anilines is 1. The number of carbonyl (C=O) groups is 1. The average Bonchev–Trinajstić information content (AvgIpc) is 2.35. The Balaban J connectivity index is 2.52. The number of hydrogen-bond donors (Lipinski definition) is 2. The van der Waals surface area contributed by atoms with Crippen molar-refractivity contribution in [2.24, 2.45) is 0 Å². The largest absolute Gasteiger partial charge is 0.372 e. The summed E-state index contributed by atoms with van der Waals surface area (Å²) in [5.41, 5.74) is 0.329. The molecule has 1 amide bonds. The van der Waals surface area contributed by atoms with Crippen LogP contribution >= 0.6 is 0 Å². The molecule has 0 bridgehead atoms. The number of rotatable bonds is 5. The predicted molar refractivity (Wildman–Crippen MR) is 67.1 cm³/mol. The Labute approximate surface area is 101 Å². The van der Waals surface area contributed by atoms with Gasteiger partial charge in [0, 0.05) is 19.6 Å². The Morgan fingerprint density at radius 2 is 2.12 bits per heavy atom. The topological polar surface area (TPSA) is 70.2 Å². The maximum absolute atomic E-state index is 11.7. The standard InChI is InChI=1S/C11H19N5O/c1-8(16(3)4)5-15-11(17)9-6-14-10(12-2)7-13-9/h6-8H,5H2,1-4H3,(H,12,14)(H,15,17). The molecule has 1 aromatic rings. The highest BCUT2D eigenvalue weighted by Gasteiger charge is 2.10. The number of nitrogens with zero attached hydrogens (tertiary/aromatic N) is 3. The van der Waals surface area contributed by atoms with E-state index in [1.54, 1.807) is 7.05 Å². The van der Waals surface area contributed by atoms with E-state index >= 15 is 0 Å². The lowest BCUT2D eigenvalue weighted by Crippen LogP contribution is -2.38. The fraction of sp³-hybridized carbons (Fsp3) is 0.545. The lowest BCUT2D eigenvalue weighted by Gasteiger charge is -2.19. The van der Waals surface area contributed by atoms with Crippen molar-refractivity contribution in [3.8, 4) is 0 Å². The highest BCUT2D eigenvalue weighted by molar-refractivity contribution is 5.92. The Morgan fingerprint density at radius 3 is 2.59 bits per heavy atom. The van der Waals surface area contributed by atoms with Gasteiger partial charge in [0.25, 0.3) is 5.91 Å². The molecule has 6 heteroatoms. The zero-order valence-electron chi connectivity index (χ0n) is 10.7. The molecule has 0 radical (unpaired) electrons. The van der Waals surface area contributed by atoms with E-state index in [0.29, 0.717) is 18.1 Å². The molecule has 1 aromatic heterocycles. The second-order valence-corrected chi connectivity index (χ2v) is 4.06. The summed E-state index contributed by atoms with van der Waals surface area (Å²) < 4.78 is 0. The van der Waals surface area contributed by atoms with Crippen LogP contribution in [0.3, 0.4) is 0 Å². The highest BCUT2D eigenvalue weighted by atomic mass is 16.1. The molecule has 0 aromatic carbocycles. The minimum Gasteiger partial charge on any atom is -0.372 e. The van der Waals surface area contributed by atoms with Crippen molar-refractivity contribution < 1.29 is 4.79 Å². The van der Waals surface area contributed by atoms with Crippen LogP contribution in [0.15, 0.2) is 12.4 Å². The van der Waals surface area contributed by atoms with Gasteiger partial charge in [-0.1, -0.05) is 0 Å². The van der Waals surface area contributed by atoms with Gasteiger partial charge < -0.3 is 15.5 Å². The minimum absolute atomic E-state index is 0.200. The highest BCUT2D eigenvalue weighted by Crippen LogP contribution is 1.99. The summed E-state index contributed by atoms with van der Waals surface area (Å²) in [6, 6.07) is 0.281. The van der Waals surface area contributed by atoms with Crippen LogP contribution in [-0.2, 0) is 0 Å². The molecule has 0 saturated carbocycles. The number of nitrogens with one attached hydrogen (secondary N) is 2. The molecule has 2 N–H and O–H groups in total. The van der Waals surface area contributed by atoms with Crippen LogP contribution in [0.2, 0.25) is 0 Å². The molecule has 0 aliphatic heterocycles. The second kappa shape index (κ2) is 6.15. The first-order valence-electron chi connectivity index (χ1n) is 5.49. The molecule has 94 valence electrons. The predicted octanol–water partition coefficient (Wildman–Crippen LogP) is 0.198. The van der Waals surface area contributed by atoms with Gasteiger partial charge in [0.05, 0.1) is 12.4 Å². The molecule has 1 heterocycles. The molecular weight excluding hydrogens is 218 g/mol. The molecule has 0 aliphatic rings. The van der Waals surface area contributed by atoms with Crippen LogP contribution in [0, 0.1) is 0 Å². The Kier molecular flexibility index (Phi) is 4.84. The lowest BCUT2D eigenvalue weighted by molar-refractivity contribution is 0.0938. The number of aromatic nitrogens is 2. The molecule has 0 fully saturated rings. The molecule has 17 heavy (non-hydrogen) atoms. The van der Waals surface area contributed by atoms with Crippen LogP contribution in [0.1, 0.15) is 17.4 Å². The van der Waals surface area contributed by atoms with Crippen molar-refractivity contribution in [2.75, 3.05) is 33.0 Å². The summed E-state index contributed by atoms with van der Waals surface area (Å²) in [6.45, 7) is 2.62. The summed E-state index contributed by atoms with van der Waals surface area (Å²) in [7, 11) is 5.69. The SMILES string of the molecule is CNc1cnc(C(=O)NCC(C)N(C)C)cn1. The number of amides is 1. The third-order valence-electron chi connectivity index (χ3n) is 2.58. The minimum atomic E-state index is -0.200. The first-order valence-corrected chi connectivity index (χ1v) is 5.49. The van der Waals surface area contributed by atoms with Gasteiger partial charge in [-0.25, -0.2) is 9.97 Å². The molecule has 1 rings (SSSR count). The zero-order chi connectivity index (χ0) is 12.8. The Bertz CT molecular complexity index is 363. The van der Waals surface area contributed by atoms with Gasteiger partial charge in [0.15, 0.2) is 0 Å².